The van der Waals surface area contributed by atoms with Gasteiger partial charge in [-0.2, -0.15) is 0 Å². The Bertz CT molecular complexity index is 163. The zero-order valence-electron chi connectivity index (χ0n) is 5.87. The van der Waals surface area contributed by atoms with Gasteiger partial charge in [-0.15, -0.1) is 5.10 Å². The van der Waals surface area contributed by atoms with Gasteiger partial charge in [-0.3, -0.25) is 0 Å². The third kappa shape index (κ3) is 2.97. The average molecular weight is 311 g/mol. The summed E-state index contributed by atoms with van der Waals surface area (Å²) in [4.78, 5) is 0. The van der Waals surface area contributed by atoms with E-state index in [9.17, 15) is 0 Å². The molecule has 56 valence electrons. The second kappa shape index (κ2) is 4.44. The molecule has 5 heteroatoms. The van der Waals surface area contributed by atoms with E-state index in [4.69, 9.17) is 0 Å². The van der Waals surface area contributed by atoms with Crippen LogP contribution in [0.2, 0.25) is 0 Å². The van der Waals surface area contributed by atoms with Crippen LogP contribution in [0.25, 0.3) is 0 Å². The fourth-order valence-corrected chi connectivity index (χ4v) is 0.515. The van der Waals surface area contributed by atoms with Crippen molar-refractivity contribution in [2.75, 3.05) is 5.32 Å². The standard InChI is InChI=1S/C5H9N3O.W/c1-4(2)7-5-3-6-8-9-5;/h3-4,7H,1-2H3;. The van der Waals surface area contributed by atoms with Crippen molar-refractivity contribution in [1.82, 2.24) is 10.4 Å². The van der Waals surface area contributed by atoms with E-state index >= 15 is 0 Å². The molecular formula is C5H9N3OW. The van der Waals surface area contributed by atoms with Gasteiger partial charge in [0.1, 0.15) is 6.20 Å². The zero-order chi connectivity index (χ0) is 6.69. The summed E-state index contributed by atoms with van der Waals surface area (Å²) in [5, 5.41) is 9.78. The SMILES string of the molecule is CC(C)Nc1cnno1.[W]. The van der Waals surface area contributed by atoms with Crippen molar-refractivity contribution >= 4 is 5.88 Å². The summed E-state index contributed by atoms with van der Waals surface area (Å²) in [6, 6.07) is 0.361. The first-order valence-corrected chi connectivity index (χ1v) is 2.83. The van der Waals surface area contributed by atoms with Gasteiger partial charge in [0, 0.05) is 32.4 Å². The van der Waals surface area contributed by atoms with Crippen LogP contribution < -0.4 is 5.32 Å². The summed E-state index contributed by atoms with van der Waals surface area (Å²) in [6.45, 7) is 4.03. The van der Waals surface area contributed by atoms with E-state index in [1.54, 1.807) is 6.20 Å². The Morgan fingerprint density at radius 1 is 1.60 bits per heavy atom. The van der Waals surface area contributed by atoms with Crippen molar-refractivity contribution in [2.45, 2.75) is 19.9 Å². The van der Waals surface area contributed by atoms with Gasteiger partial charge in [-0.1, -0.05) is 0 Å². The number of aromatic nitrogens is 2. The van der Waals surface area contributed by atoms with Crippen LogP contribution in [-0.2, 0) is 21.1 Å². The first-order chi connectivity index (χ1) is 4.29. The molecule has 1 aromatic rings. The maximum atomic E-state index is 4.67. The van der Waals surface area contributed by atoms with Crippen molar-refractivity contribution in [1.29, 1.82) is 0 Å². The number of anilines is 1. The van der Waals surface area contributed by atoms with Crippen molar-refractivity contribution in [3.8, 4) is 0 Å². The predicted octanol–water partition coefficient (Wildman–Crippen LogP) is 0.887. The van der Waals surface area contributed by atoms with E-state index in [0.717, 1.165) is 0 Å². The third-order valence-corrected chi connectivity index (χ3v) is 0.792. The monoisotopic (exact) mass is 311 g/mol. The van der Waals surface area contributed by atoms with Crippen LogP contribution in [-0.4, -0.2) is 16.4 Å². The summed E-state index contributed by atoms with van der Waals surface area (Å²) in [5.74, 6) is 0.616. The molecule has 0 aliphatic carbocycles. The van der Waals surface area contributed by atoms with Crippen molar-refractivity contribution in [3.63, 3.8) is 0 Å². The van der Waals surface area contributed by atoms with Crippen LogP contribution in [0.5, 0.6) is 0 Å². The van der Waals surface area contributed by atoms with Gasteiger partial charge >= 0.3 is 0 Å². The smallest absolute Gasteiger partial charge is 0.245 e. The van der Waals surface area contributed by atoms with E-state index in [-0.39, 0.29) is 21.1 Å². The normalized spacial score (nSPS) is 9.10. The quantitative estimate of drug-likeness (QED) is 0.881. The van der Waals surface area contributed by atoms with E-state index in [1.807, 2.05) is 13.8 Å². The first kappa shape index (κ1) is 9.63. The molecule has 0 bridgehead atoms. The number of hydrogen-bond acceptors (Lipinski definition) is 4. The number of nitrogens with zero attached hydrogens (tertiary/aromatic N) is 2. The van der Waals surface area contributed by atoms with Gasteiger partial charge < -0.3 is 9.84 Å². The average Bonchev–Trinajstić information content (AvgIpc) is 2.15. The topological polar surface area (TPSA) is 51.0 Å². The minimum atomic E-state index is 0. The van der Waals surface area contributed by atoms with Gasteiger partial charge in [0.2, 0.25) is 5.88 Å². The summed E-state index contributed by atoms with van der Waals surface area (Å²) in [7, 11) is 0. The molecule has 0 saturated heterocycles. The van der Waals surface area contributed by atoms with Crippen molar-refractivity contribution < 1.29 is 25.6 Å². The molecule has 4 nitrogen and oxygen atoms in total. The van der Waals surface area contributed by atoms with Gasteiger partial charge in [-0.25, -0.2) is 0 Å². The Labute approximate surface area is 73.6 Å². The van der Waals surface area contributed by atoms with Crippen molar-refractivity contribution in [2.24, 2.45) is 0 Å². The summed E-state index contributed by atoms with van der Waals surface area (Å²) >= 11 is 0. The molecule has 0 spiro atoms. The Balaban J connectivity index is 0.000000810. The van der Waals surface area contributed by atoms with Crippen LogP contribution in [0.4, 0.5) is 5.88 Å². The number of rotatable bonds is 2. The van der Waals surface area contributed by atoms with Gasteiger partial charge in [0.25, 0.3) is 0 Å². The maximum Gasteiger partial charge on any atom is 0.245 e. The molecule has 0 fully saturated rings. The Morgan fingerprint density at radius 2 is 2.30 bits per heavy atom. The minimum absolute atomic E-state index is 0. The minimum Gasteiger partial charge on any atom is -0.350 e. The van der Waals surface area contributed by atoms with Gasteiger partial charge in [0.05, 0.1) is 0 Å². The third-order valence-electron chi connectivity index (χ3n) is 0.792. The molecule has 0 atom stereocenters. The summed E-state index contributed by atoms with van der Waals surface area (Å²) in [5.41, 5.74) is 0. The molecule has 1 aromatic heterocycles. The Morgan fingerprint density at radius 3 is 2.70 bits per heavy atom. The van der Waals surface area contributed by atoms with Crippen LogP contribution >= 0.6 is 0 Å². The van der Waals surface area contributed by atoms with E-state index in [2.05, 4.69) is 20.2 Å². The number of hydrogen-bond donors (Lipinski definition) is 1. The van der Waals surface area contributed by atoms with E-state index in [0.29, 0.717) is 11.9 Å². The molecule has 0 unspecified atom stereocenters. The Kier molecular flexibility index (Phi) is 4.28. The maximum absolute atomic E-state index is 4.67. The molecule has 1 rings (SSSR count). The molecule has 0 aromatic carbocycles. The van der Waals surface area contributed by atoms with Gasteiger partial charge in [0.15, 0.2) is 0 Å². The van der Waals surface area contributed by atoms with Crippen LogP contribution in [0, 0.1) is 0 Å². The van der Waals surface area contributed by atoms with E-state index in [1.165, 1.54) is 0 Å². The fourth-order valence-electron chi connectivity index (χ4n) is 0.515. The Hall–Kier alpha value is -0.372. The second-order valence-electron chi connectivity index (χ2n) is 2.08. The van der Waals surface area contributed by atoms with Gasteiger partial charge in [-0.05, 0) is 13.8 Å². The molecule has 1 heterocycles. The largest absolute Gasteiger partial charge is 0.350 e. The molecule has 0 amide bonds. The molecule has 0 aliphatic rings. The fraction of sp³-hybridized carbons (Fsp3) is 0.600. The van der Waals surface area contributed by atoms with Crippen LogP contribution in [0.15, 0.2) is 10.7 Å². The number of nitrogens with one attached hydrogen (secondary N) is 1. The second-order valence-corrected chi connectivity index (χ2v) is 2.08. The molecule has 0 radical (unpaired) electrons. The predicted molar refractivity (Wildman–Crippen MR) is 33.1 cm³/mol. The summed E-state index contributed by atoms with van der Waals surface area (Å²) in [6.07, 6.45) is 1.54. The molecule has 0 aliphatic heterocycles. The van der Waals surface area contributed by atoms with Crippen LogP contribution in [0.1, 0.15) is 13.8 Å². The molecular weight excluding hydrogens is 302 g/mol. The van der Waals surface area contributed by atoms with Crippen molar-refractivity contribution in [3.05, 3.63) is 6.20 Å². The summed E-state index contributed by atoms with van der Waals surface area (Å²) < 4.78 is 4.67. The molecule has 10 heavy (non-hydrogen) atoms. The zero-order valence-corrected chi connectivity index (χ0v) is 8.80. The molecule has 1 N–H and O–H groups in total. The molecule has 0 saturated carbocycles. The first-order valence-electron chi connectivity index (χ1n) is 2.83. The van der Waals surface area contributed by atoms with E-state index < -0.39 is 0 Å². The van der Waals surface area contributed by atoms with Crippen LogP contribution in [0.3, 0.4) is 0 Å².